The fourth-order valence-electron chi connectivity index (χ4n) is 3.87. The molecular formula is C24H25FO5S. The van der Waals surface area contributed by atoms with E-state index in [9.17, 15) is 24.8 Å². The van der Waals surface area contributed by atoms with Gasteiger partial charge < -0.3 is 25.2 Å². The minimum atomic E-state index is -1.41. The molecule has 4 N–H and O–H groups in total. The molecule has 0 bridgehead atoms. The van der Waals surface area contributed by atoms with E-state index in [2.05, 4.69) is 0 Å². The van der Waals surface area contributed by atoms with Gasteiger partial charge in [0.25, 0.3) is 0 Å². The van der Waals surface area contributed by atoms with E-state index >= 15 is 0 Å². The van der Waals surface area contributed by atoms with E-state index in [1.54, 1.807) is 23.5 Å². The second-order valence-electron chi connectivity index (χ2n) is 7.89. The van der Waals surface area contributed by atoms with Crippen molar-refractivity contribution >= 4 is 11.3 Å². The number of aryl methyl sites for hydroxylation is 1. The molecule has 3 unspecified atom stereocenters. The molecule has 1 aromatic heterocycles. The van der Waals surface area contributed by atoms with Gasteiger partial charge in [0.05, 0.1) is 6.61 Å². The Balaban J connectivity index is 1.57. The van der Waals surface area contributed by atoms with E-state index in [1.165, 1.54) is 12.1 Å². The highest BCUT2D eigenvalue weighted by Gasteiger charge is 2.43. The van der Waals surface area contributed by atoms with Gasteiger partial charge in [0.1, 0.15) is 36.3 Å². The van der Waals surface area contributed by atoms with Crippen LogP contribution in [0.1, 0.15) is 27.7 Å². The highest BCUT2D eigenvalue weighted by molar-refractivity contribution is 7.15. The predicted molar refractivity (Wildman–Crippen MR) is 116 cm³/mol. The van der Waals surface area contributed by atoms with Crippen LogP contribution < -0.4 is 0 Å². The first-order valence-electron chi connectivity index (χ1n) is 10.1. The summed E-state index contributed by atoms with van der Waals surface area (Å²) in [6.07, 6.45) is -5.21. The SMILES string of the molecule is Cc1ccc(C2OC(CO)[C@@H](O)C(O)[C@H]2O)cc1Cc1ccc(-c2ccc(F)cc2)s1. The molecule has 5 nitrogen and oxygen atoms in total. The lowest BCUT2D eigenvalue weighted by molar-refractivity contribution is -0.231. The van der Waals surface area contributed by atoms with Crippen LogP contribution in [0.2, 0.25) is 0 Å². The number of aliphatic hydroxyl groups excluding tert-OH is 4. The van der Waals surface area contributed by atoms with Crippen molar-refractivity contribution in [2.45, 2.75) is 43.9 Å². The Morgan fingerprint density at radius 2 is 1.68 bits per heavy atom. The molecule has 0 saturated carbocycles. The summed E-state index contributed by atoms with van der Waals surface area (Å²) in [4.78, 5) is 2.19. The molecule has 5 atom stereocenters. The summed E-state index contributed by atoms with van der Waals surface area (Å²) in [6, 6.07) is 16.2. The minimum Gasteiger partial charge on any atom is -0.394 e. The smallest absolute Gasteiger partial charge is 0.123 e. The number of rotatable bonds is 5. The van der Waals surface area contributed by atoms with Crippen molar-refractivity contribution in [3.05, 3.63) is 82.0 Å². The molecule has 1 saturated heterocycles. The summed E-state index contributed by atoms with van der Waals surface area (Å²) in [7, 11) is 0. The van der Waals surface area contributed by atoms with E-state index in [4.69, 9.17) is 4.74 Å². The molecule has 7 heteroatoms. The first-order valence-corrected chi connectivity index (χ1v) is 10.9. The van der Waals surface area contributed by atoms with Crippen molar-refractivity contribution in [3.63, 3.8) is 0 Å². The standard InChI is InChI=1S/C24H25FO5S/c1-13-2-3-15(24-23(29)22(28)21(27)19(12-26)30-24)10-16(13)11-18-8-9-20(31-18)14-4-6-17(25)7-5-14/h2-10,19,21-24,26-29H,11-12H2,1H3/t19?,21-,22?,23-,24?/m1/s1. The highest BCUT2D eigenvalue weighted by atomic mass is 32.1. The van der Waals surface area contributed by atoms with E-state index < -0.39 is 37.1 Å². The third-order valence-corrected chi connectivity index (χ3v) is 6.88. The zero-order valence-corrected chi connectivity index (χ0v) is 17.8. The molecule has 3 aromatic rings. The topological polar surface area (TPSA) is 90.2 Å². The third kappa shape index (κ3) is 4.57. The second kappa shape index (κ2) is 9.16. The fourth-order valence-corrected chi connectivity index (χ4v) is 4.90. The van der Waals surface area contributed by atoms with Gasteiger partial charge in [-0.1, -0.05) is 30.3 Å². The summed E-state index contributed by atoms with van der Waals surface area (Å²) in [6.45, 7) is 1.54. The van der Waals surface area contributed by atoms with Crippen LogP contribution in [0.5, 0.6) is 0 Å². The van der Waals surface area contributed by atoms with Crippen molar-refractivity contribution < 1.29 is 29.6 Å². The lowest BCUT2D eigenvalue weighted by Gasteiger charge is -2.40. The molecule has 4 rings (SSSR count). The van der Waals surface area contributed by atoms with Crippen molar-refractivity contribution in [1.29, 1.82) is 0 Å². The van der Waals surface area contributed by atoms with Gasteiger partial charge in [0.2, 0.25) is 0 Å². The summed E-state index contributed by atoms with van der Waals surface area (Å²) in [5.41, 5.74) is 3.75. The summed E-state index contributed by atoms with van der Waals surface area (Å²) >= 11 is 1.63. The van der Waals surface area contributed by atoms with Crippen molar-refractivity contribution in [1.82, 2.24) is 0 Å². The largest absolute Gasteiger partial charge is 0.394 e. The molecular weight excluding hydrogens is 419 g/mol. The highest BCUT2D eigenvalue weighted by Crippen LogP contribution is 2.35. The molecule has 1 aliphatic rings. The molecule has 2 heterocycles. The van der Waals surface area contributed by atoms with Gasteiger partial charge in [0, 0.05) is 16.2 Å². The Morgan fingerprint density at radius 1 is 0.935 bits per heavy atom. The van der Waals surface area contributed by atoms with Gasteiger partial charge in [0.15, 0.2) is 0 Å². The molecule has 0 aliphatic carbocycles. The number of hydrogen-bond acceptors (Lipinski definition) is 6. The molecule has 2 aromatic carbocycles. The van der Waals surface area contributed by atoms with E-state index in [0.29, 0.717) is 12.0 Å². The van der Waals surface area contributed by atoms with Gasteiger partial charge in [-0.3, -0.25) is 0 Å². The Hall–Kier alpha value is -2.13. The monoisotopic (exact) mass is 444 g/mol. The van der Waals surface area contributed by atoms with Crippen LogP contribution in [0.3, 0.4) is 0 Å². The Kier molecular flexibility index (Phi) is 6.52. The van der Waals surface area contributed by atoms with Gasteiger partial charge >= 0.3 is 0 Å². The molecule has 1 fully saturated rings. The van der Waals surface area contributed by atoms with Gasteiger partial charge in [-0.15, -0.1) is 11.3 Å². The van der Waals surface area contributed by atoms with Crippen LogP contribution >= 0.6 is 11.3 Å². The zero-order valence-electron chi connectivity index (χ0n) is 17.0. The van der Waals surface area contributed by atoms with Gasteiger partial charge in [-0.05, 0) is 53.4 Å². The molecule has 1 aliphatic heterocycles. The maximum Gasteiger partial charge on any atom is 0.123 e. The van der Waals surface area contributed by atoms with Gasteiger partial charge in [-0.2, -0.15) is 0 Å². The minimum absolute atomic E-state index is 0.263. The van der Waals surface area contributed by atoms with Crippen LogP contribution in [-0.4, -0.2) is 51.4 Å². The lowest BCUT2D eigenvalue weighted by atomic mass is 9.89. The summed E-state index contributed by atoms with van der Waals surface area (Å²) in [5.74, 6) is -0.263. The summed E-state index contributed by atoms with van der Waals surface area (Å²) < 4.78 is 18.9. The predicted octanol–water partition coefficient (Wildman–Crippen LogP) is 2.97. The van der Waals surface area contributed by atoms with Crippen LogP contribution in [0.15, 0.2) is 54.6 Å². The number of hydrogen-bond donors (Lipinski definition) is 4. The van der Waals surface area contributed by atoms with E-state index in [1.807, 2.05) is 37.3 Å². The second-order valence-corrected chi connectivity index (χ2v) is 9.05. The first kappa shape index (κ1) is 22.1. The average Bonchev–Trinajstić information content (AvgIpc) is 3.23. The zero-order chi connectivity index (χ0) is 22.1. The number of benzene rings is 2. The first-order chi connectivity index (χ1) is 14.9. The molecule has 0 spiro atoms. The Bertz CT molecular complexity index is 1030. The van der Waals surface area contributed by atoms with Crippen LogP contribution in [0.25, 0.3) is 10.4 Å². The molecule has 164 valence electrons. The Labute approximate surface area is 184 Å². The number of halogens is 1. The van der Waals surface area contributed by atoms with Crippen LogP contribution in [0, 0.1) is 12.7 Å². The number of ether oxygens (including phenoxy) is 1. The summed E-state index contributed by atoms with van der Waals surface area (Å²) in [5, 5.41) is 40.0. The number of aliphatic hydroxyl groups is 4. The maximum absolute atomic E-state index is 13.2. The normalized spacial score (nSPS) is 26.2. The van der Waals surface area contributed by atoms with E-state index in [0.717, 1.165) is 26.4 Å². The van der Waals surface area contributed by atoms with Crippen molar-refractivity contribution in [3.8, 4) is 10.4 Å². The molecule has 31 heavy (non-hydrogen) atoms. The lowest BCUT2D eigenvalue weighted by Crippen LogP contribution is -2.55. The average molecular weight is 445 g/mol. The van der Waals surface area contributed by atoms with Crippen LogP contribution in [-0.2, 0) is 11.2 Å². The van der Waals surface area contributed by atoms with E-state index in [-0.39, 0.29) is 5.82 Å². The third-order valence-electron chi connectivity index (χ3n) is 5.75. The molecule has 0 radical (unpaired) electrons. The van der Waals surface area contributed by atoms with Crippen LogP contribution in [0.4, 0.5) is 4.39 Å². The molecule has 0 amide bonds. The quantitative estimate of drug-likeness (QED) is 0.486. The maximum atomic E-state index is 13.2. The number of thiophene rings is 1. The van der Waals surface area contributed by atoms with Gasteiger partial charge in [-0.25, -0.2) is 4.39 Å². The Morgan fingerprint density at radius 3 is 2.39 bits per heavy atom. The fraction of sp³-hybridized carbons (Fsp3) is 0.333. The van der Waals surface area contributed by atoms with Crippen molar-refractivity contribution in [2.24, 2.45) is 0 Å². The van der Waals surface area contributed by atoms with Crippen molar-refractivity contribution in [2.75, 3.05) is 6.61 Å².